The Bertz CT molecular complexity index is 359. The number of carbonyl (C=O) groups is 1. The molecule has 1 atom stereocenters. The van der Waals surface area contributed by atoms with Crippen molar-refractivity contribution in [3.8, 4) is 0 Å². The fourth-order valence-electron chi connectivity index (χ4n) is 1.87. The fourth-order valence-corrected chi connectivity index (χ4v) is 1.87. The summed E-state index contributed by atoms with van der Waals surface area (Å²) >= 11 is 0. The molecule has 1 aliphatic heterocycles. The van der Waals surface area contributed by atoms with Crippen LogP contribution in [0, 0.1) is 0 Å². The lowest BCUT2D eigenvalue weighted by molar-refractivity contribution is -0.132. The number of rotatable bonds is 2. The molecule has 1 amide bonds. The van der Waals surface area contributed by atoms with E-state index in [1.165, 1.54) is 6.39 Å². The van der Waals surface area contributed by atoms with Gasteiger partial charge in [0, 0.05) is 6.54 Å². The Morgan fingerprint density at radius 3 is 2.93 bits per heavy atom. The van der Waals surface area contributed by atoms with E-state index in [0.717, 1.165) is 5.69 Å². The van der Waals surface area contributed by atoms with E-state index in [2.05, 4.69) is 10.3 Å². The number of aromatic nitrogens is 1. The highest BCUT2D eigenvalue weighted by atomic mass is 16.3. The summed E-state index contributed by atoms with van der Waals surface area (Å²) in [6.45, 7) is 6.36. The van der Waals surface area contributed by atoms with Gasteiger partial charge in [0.2, 0.25) is 5.91 Å². The molecule has 2 heterocycles. The van der Waals surface area contributed by atoms with Gasteiger partial charge in [-0.2, -0.15) is 0 Å². The molecule has 15 heavy (non-hydrogen) atoms. The molecule has 0 radical (unpaired) electrons. The second kappa shape index (κ2) is 3.34. The maximum Gasteiger partial charge on any atom is 0.243 e. The lowest BCUT2D eigenvalue weighted by Crippen LogP contribution is -2.40. The van der Waals surface area contributed by atoms with Crippen molar-refractivity contribution in [1.82, 2.24) is 15.2 Å². The summed E-state index contributed by atoms with van der Waals surface area (Å²) in [6, 6.07) is 0. The number of hydrogen-bond donors (Lipinski definition) is 1. The van der Waals surface area contributed by atoms with Gasteiger partial charge in [0.15, 0.2) is 6.39 Å². The summed E-state index contributed by atoms with van der Waals surface area (Å²) < 4.78 is 4.93. The molecule has 1 saturated heterocycles. The zero-order valence-corrected chi connectivity index (χ0v) is 9.15. The third kappa shape index (κ3) is 1.52. The van der Waals surface area contributed by atoms with Gasteiger partial charge in [-0.15, -0.1) is 0 Å². The molecular weight excluding hydrogens is 194 g/mol. The molecule has 5 heteroatoms. The topological polar surface area (TPSA) is 58.4 Å². The van der Waals surface area contributed by atoms with Crippen LogP contribution in [0.4, 0.5) is 0 Å². The zero-order valence-electron chi connectivity index (χ0n) is 9.15. The van der Waals surface area contributed by atoms with Crippen LogP contribution in [0.25, 0.3) is 0 Å². The number of carbonyl (C=O) groups excluding carboxylic acids is 1. The van der Waals surface area contributed by atoms with Crippen molar-refractivity contribution in [3.05, 3.63) is 18.4 Å². The third-order valence-corrected chi connectivity index (χ3v) is 2.68. The minimum absolute atomic E-state index is 0.0954. The summed E-state index contributed by atoms with van der Waals surface area (Å²) in [7, 11) is 0. The Labute approximate surface area is 88.5 Å². The first kappa shape index (κ1) is 10.2. The molecule has 1 aliphatic rings. The Kier molecular flexibility index (Phi) is 2.26. The van der Waals surface area contributed by atoms with Gasteiger partial charge < -0.3 is 9.32 Å². The monoisotopic (exact) mass is 209 g/mol. The molecule has 1 fully saturated rings. The minimum atomic E-state index is -0.528. The van der Waals surface area contributed by atoms with Crippen LogP contribution < -0.4 is 5.32 Å². The lowest BCUT2D eigenvalue weighted by atomic mass is 10.1. The standard InChI is InChI=1S/C10H15N3O2/c1-4-13-8(7-5-15-6-11-7)12-10(2,3)9(13)14/h5-6,8,12H,4H2,1-3H3. The molecular formula is C10H15N3O2. The van der Waals surface area contributed by atoms with E-state index in [4.69, 9.17) is 4.42 Å². The van der Waals surface area contributed by atoms with Crippen molar-refractivity contribution in [2.75, 3.05) is 6.54 Å². The van der Waals surface area contributed by atoms with Crippen molar-refractivity contribution < 1.29 is 9.21 Å². The summed E-state index contributed by atoms with van der Waals surface area (Å²) in [5.41, 5.74) is 0.218. The Balaban J connectivity index is 2.31. The summed E-state index contributed by atoms with van der Waals surface area (Å²) in [5, 5.41) is 3.24. The average molecular weight is 209 g/mol. The Hall–Kier alpha value is -1.36. The molecule has 0 aliphatic carbocycles. The van der Waals surface area contributed by atoms with E-state index in [1.807, 2.05) is 20.8 Å². The molecule has 0 aromatic carbocycles. The number of oxazole rings is 1. The molecule has 5 nitrogen and oxygen atoms in total. The maximum absolute atomic E-state index is 12.0. The minimum Gasteiger partial charge on any atom is -0.451 e. The summed E-state index contributed by atoms with van der Waals surface area (Å²) in [4.78, 5) is 17.8. The van der Waals surface area contributed by atoms with Crippen molar-refractivity contribution in [1.29, 1.82) is 0 Å². The highest BCUT2D eigenvalue weighted by Crippen LogP contribution is 2.28. The Morgan fingerprint density at radius 1 is 1.67 bits per heavy atom. The van der Waals surface area contributed by atoms with Crippen LogP contribution in [0.3, 0.4) is 0 Å². The molecule has 0 bridgehead atoms. The number of likely N-dealkylation sites (N-methyl/N-ethyl adjacent to an activating group) is 1. The molecule has 1 aromatic rings. The number of nitrogens with one attached hydrogen (secondary N) is 1. The number of amides is 1. The predicted molar refractivity (Wildman–Crippen MR) is 53.8 cm³/mol. The van der Waals surface area contributed by atoms with Gasteiger partial charge in [-0.05, 0) is 20.8 Å². The van der Waals surface area contributed by atoms with Crippen LogP contribution in [0.1, 0.15) is 32.6 Å². The predicted octanol–water partition coefficient (Wildman–Crippen LogP) is 0.903. The van der Waals surface area contributed by atoms with Crippen molar-refractivity contribution >= 4 is 5.91 Å². The van der Waals surface area contributed by atoms with Crippen LogP contribution in [0.5, 0.6) is 0 Å². The van der Waals surface area contributed by atoms with Crippen LogP contribution in [0.2, 0.25) is 0 Å². The van der Waals surface area contributed by atoms with Gasteiger partial charge in [0.05, 0.1) is 5.54 Å². The van der Waals surface area contributed by atoms with Crippen molar-refractivity contribution in [3.63, 3.8) is 0 Å². The molecule has 2 rings (SSSR count). The van der Waals surface area contributed by atoms with Crippen LogP contribution in [-0.2, 0) is 4.79 Å². The summed E-state index contributed by atoms with van der Waals surface area (Å²) in [5.74, 6) is 0.0954. The van der Waals surface area contributed by atoms with Gasteiger partial charge in [-0.1, -0.05) is 0 Å². The van der Waals surface area contributed by atoms with E-state index in [0.29, 0.717) is 6.54 Å². The molecule has 0 saturated carbocycles. The van der Waals surface area contributed by atoms with E-state index < -0.39 is 5.54 Å². The first-order valence-corrected chi connectivity index (χ1v) is 5.03. The fraction of sp³-hybridized carbons (Fsp3) is 0.600. The quantitative estimate of drug-likeness (QED) is 0.786. The van der Waals surface area contributed by atoms with E-state index in [-0.39, 0.29) is 12.1 Å². The maximum atomic E-state index is 12.0. The zero-order chi connectivity index (χ0) is 11.1. The van der Waals surface area contributed by atoms with E-state index >= 15 is 0 Å². The highest BCUT2D eigenvalue weighted by Gasteiger charge is 2.45. The van der Waals surface area contributed by atoms with Gasteiger partial charge >= 0.3 is 0 Å². The van der Waals surface area contributed by atoms with Gasteiger partial charge in [0.25, 0.3) is 0 Å². The van der Waals surface area contributed by atoms with E-state index in [1.54, 1.807) is 11.2 Å². The Morgan fingerprint density at radius 2 is 2.40 bits per heavy atom. The third-order valence-electron chi connectivity index (χ3n) is 2.68. The second-order valence-corrected chi connectivity index (χ2v) is 4.18. The molecule has 1 unspecified atom stereocenters. The van der Waals surface area contributed by atoms with Gasteiger partial charge in [-0.3, -0.25) is 10.1 Å². The molecule has 1 N–H and O–H groups in total. The molecule has 82 valence electrons. The average Bonchev–Trinajstić information content (AvgIpc) is 2.75. The van der Waals surface area contributed by atoms with Crippen LogP contribution in [0.15, 0.2) is 17.1 Å². The second-order valence-electron chi connectivity index (χ2n) is 4.18. The normalized spacial score (nSPS) is 24.9. The van der Waals surface area contributed by atoms with Crippen molar-refractivity contribution in [2.24, 2.45) is 0 Å². The van der Waals surface area contributed by atoms with Gasteiger partial charge in [-0.25, -0.2) is 4.98 Å². The van der Waals surface area contributed by atoms with Gasteiger partial charge in [0.1, 0.15) is 18.1 Å². The largest absolute Gasteiger partial charge is 0.451 e. The number of nitrogens with zero attached hydrogens (tertiary/aromatic N) is 2. The highest BCUT2D eigenvalue weighted by molar-refractivity contribution is 5.88. The van der Waals surface area contributed by atoms with Crippen LogP contribution >= 0.6 is 0 Å². The lowest BCUT2D eigenvalue weighted by Gasteiger charge is -2.20. The number of hydrogen-bond acceptors (Lipinski definition) is 4. The van der Waals surface area contributed by atoms with Crippen molar-refractivity contribution in [2.45, 2.75) is 32.5 Å². The van der Waals surface area contributed by atoms with E-state index in [9.17, 15) is 4.79 Å². The van der Waals surface area contributed by atoms with Crippen LogP contribution in [-0.4, -0.2) is 27.9 Å². The SMILES string of the molecule is CCN1C(=O)C(C)(C)NC1c1cocn1. The first-order valence-electron chi connectivity index (χ1n) is 5.03. The molecule has 1 aromatic heterocycles. The summed E-state index contributed by atoms with van der Waals surface area (Å²) in [6.07, 6.45) is 2.77. The smallest absolute Gasteiger partial charge is 0.243 e. The molecule has 0 spiro atoms. The first-order chi connectivity index (χ1) is 7.06.